The highest BCUT2D eigenvalue weighted by Gasteiger charge is 2.12. The molecule has 0 spiro atoms. The molecule has 0 heterocycles. The van der Waals surface area contributed by atoms with Gasteiger partial charge in [-0.2, -0.15) is 5.10 Å². The van der Waals surface area contributed by atoms with Crippen LogP contribution in [-0.4, -0.2) is 29.7 Å². The zero-order valence-corrected chi connectivity index (χ0v) is 14.9. The van der Waals surface area contributed by atoms with Gasteiger partial charge in [0.1, 0.15) is 11.5 Å². The maximum absolute atomic E-state index is 12.1. The zero-order valence-electron chi connectivity index (χ0n) is 14.9. The number of anilines is 1. The number of phenols is 1. The highest BCUT2D eigenvalue weighted by molar-refractivity contribution is 6.06. The van der Waals surface area contributed by atoms with Gasteiger partial charge >= 0.3 is 0 Å². The number of rotatable bonds is 6. The van der Waals surface area contributed by atoms with Gasteiger partial charge in [-0.1, -0.05) is 12.1 Å². The normalized spacial score (nSPS) is 11.0. The number of para-hydroxylation sites is 1. The highest BCUT2D eigenvalue weighted by atomic mass is 16.5. The maximum Gasteiger partial charge on any atom is 0.275 e. The molecule has 0 aromatic heterocycles. The number of hydrazone groups is 1. The molecule has 0 bridgehead atoms. The van der Waals surface area contributed by atoms with Gasteiger partial charge in [0.15, 0.2) is 0 Å². The number of aryl methyl sites for hydroxylation is 1. The van der Waals surface area contributed by atoms with Gasteiger partial charge in [0.05, 0.1) is 19.1 Å². The second kappa shape index (κ2) is 8.66. The molecule has 2 rings (SSSR count). The minimum absolute atomic E-state index is 0.0199. The lowest BCUT2D eigenvalue weighted by Crippen LogP contribution is -2.21. The minimum Gasteiger partial charge on any atom is -0.507 e. The SMILES string of the molecule is COc1ccc(NC(=O)C/C(C)=N/NC(=O)c2cccc(C)c2O)cc1. The standard InChI is InChI=1S/C19H21N3O4/c1-12-5-4-6-16(18(12)24)19(25)22-21-13(2)11-17(23)20-14-7-9-15(26-3)10-8-14/h4-10,24H,11H2,1-3H3,(H,20,23)(H,22,25)/b21-13+. The van der Waals surface area contributed by atoms with Gasteiger partial charge in [-0.15, -0.1) is 0 Å². The van der Waals surface area contributed by atoms with Crippen LogP contribution in [0.3, 0.4) is 0 Å². The van der Waals surface area contributed by atoms with Crippen molar-refractivity contribution in [1.82, 2.24) is 5.43 Å². The average Bonchev–Trinajstić information content (AvgIpc) is 2.62. The second-order valence-electron chi connectivity index (χ2n) is 5.71. The van der Waals surface area contributed by atoms with Gasteiger partial charge in [0, 0.05) is 11.4 Å². The van der Waals surface area contributed by atoms with E-state index < -0.39 is 5.91 Å². The van der Waals surface area contributed by atoms with Crippen molar-refractivity contribution >= 4 is 23.2 Å². The Morgan fingerprint density at radius 2 is 1.85 bits per heavy atom. The number of phenolic OH excluding ortho intramolecular Hbond substituents is 1. The van der Waals surface area contributed by atoms with E-state index in [0.717, 1.165) is 0 Å². The van der Waals surface area contributed by atoms with Crippen LogP contribution in [0.4, 0.5) is 5.69 Å². The first-order valence-corrected chi connectivity index (χ1v) is 7.96. The summed E-state index contributed by atoms with van der Waals surface area (Å²) in [5.74, 6) is -0.192. The van der Waals surface area contributed by atoms with Crippen LogP contribution < -0.4 is 15.5 Å². The Hall–Kier alpha value is -3.35. The maximum atomic E-state index is 12.1. The molecule has 136 valence electrons. The number of nitrogens with zero attached hydrogens (tertiary/aromatic N) is 1. The van der Waals surface area contributed by atoms with E-state index >= 15 is 0 Å². The molecule has 26 heavy (non-hydrogen) atoms. The van der Waals surface area contributed by atoms with E-state index in [2.05, 4.69) is 15.8 Å². The quantitative estimate of drug-likeness (QED) is 0.548. The van der Waals surface area contributed by atoms with Crippen molar-refractivity contribution in [3.8, 4) is 11.5 Å². The number of aromatic hydroxyl groups is 1. The fourth-order valence-electron chi connectivity index (χ4n) is 2.20. The summed E-state index contributed by atoms with van der Waals surface area (Å²) in [6.07, 6.45) is 0.0199. The van der Waals surface area contributed by atoms with E-state index in [1.165, 1.54) is 6.07 Å². The Morgan fingerprint density at radius 3 is 2.50 bits per heavy atom. The number of nitrogens with one attached hydrogen (secondary N) is 2. The fraction of sp³-hybridized carbons (Fsp3) is 0.211. The predicted octanol–water partition coefficient (Wildman–Crippen LogP) is 2.84. The molecule has 7 nitrogen and oxygen atoms in total. The van der Waals surface area contributed by atoms with Gasteiger partial charge in [-0.3, -0.25) is 9.59 Å². The Balaban J connectivity index is 1.91. The number of carbonyl (C=O) groups excluding carboxylic acids is 2. The topological polar surface area (TPSA) is 100 Å². The van der Waals surface area contributed by atoms with Crippen LogP contribution >= 0.6 is 0 Å². The van der Waals surface area contributed by atoms with Gasteiger partial charge in [-0.25, -0.2) is 5.43 Å². The van der Waals surface area contributed by atoms with Crippen LogP contribution in [0.25, 0.3) is 0 Å². The number of ether oxygens (including phenoxy) is 1. The number of amides is 2. The van der Waals surface area contributed by atoms with Crippen molar-refractivity contribution in [3.05, 3.63) is 53.6 Å². The highest BCUT2D eigenvalue weighted by Crippen LogP contribution is 2.21. The van der Waals surface area contributed by atoms with E-state index in [0.29, 0.717) is 22.7 Å². The Bertz CT molecular complexity index is 829. The molecule has 0 fully saturated rings. The number of hydrogen-bond acceptors (Lipinski definition) is 5. The average molecular weight is 355 g/mol. The molecule has 7 heteroatoms. The van der Waals surface area contributed by atoms with Crippen molar-refractivity contribution in [2.24, 2.45) is 5.10 Å². The number of hydrogen-bond donors (Lipinski definition) is 3. The summed E-state index contributed by atoms with van der Waals surface area (Å²) < 4.78 is 5.06. The van der Waals surface area contributed by atoms with Crippen molar-refractivity contribution in [1.29, 1.82) is 0 Å². The smallest absolute Gasteiger partial charge is 0.275 e. The van der Waals surface area contributed by atoms with Crippen molar-refractivity contribution in [2.75, 3.05) is 12.4 Å². The summed E-state index contributed by atoms with van der Waals surface area (Å²) >= 11 is 0. The third-order valence-electron chi connectivity index (χ3n) is 3.62. The zero-order chi connectivity index (χ0) is 19.1. The summed E-state index contributed by atoms with van der Waals surface area (Å²) in [7, 11) is 1.57. The Morgan fingerprint density at radius 1 is 1.15 bits per heavy atom. The minimum atomic E-state index is -0.541. The molecule has 2 aromatic rings. The van der Waals surface area contributed by atoms with Gasteiger partial charge in [-0.05, 0) is 49.7 Å². The molecule has 0 saturated heterocycles. The monoisotopic (exact) mass is 355 g/mol. The molecule has 0 aliphatic rings. The first-order valence-electron chi connectivity index (χ1n) is 7.96. The van der Waals surface area contributed by atoms with Gasteiger partial charge in [0.2, 0.25) is 5.91 Å². The summed E-state index contributed by atoms with van der Waals surface area (Å²) in [5, 5.41) is 16.5. The van der Waals surface area contributed by atoms with Gasteiger partial charge in [0.25, 0.3) is 5.91 Å². The van der Waals surface area contributed by atoms with Crippen molar-refractivity contribution in [3.63, 3.8) is 0 Å². The third-order valence-corrected chi connectivity index (χ3v) is 3.62. The van der Waals surface area contributed by atoms with Crippen LogP contribution in [0.1, 0.15) is 29.3 Å². The molecule has 3 N–H and O–H groups in total. The Labute approximate surface area is 151 Å². The Kier molecular flexibility index (Phi) is 6.32. The van der Waals surface area contributed by atoms with E-state index in [4.69, 9.17) is 4.74 Å². The summed E-state index contributed by atoms with van der Waals surface area (Å²) in [6.45, 7) is 3.33. The van der Waals surface area contributed by atoms with E-state index in [1.807, 2.05) is 0 Å². The molecular formula is C19H21N3O4. The lowest BCUT2D eigenvalue weighted by Gasteiger charge is -2.07. The van der Waals surface area contributed by atoms with Crippen LogP contribution in [0.5, 0.6) is 11.5 Å². The molecule has 0 atom stereocenters. The van der Waals surface area contributed by atoms with Crippen molar-refractivity contribution in [2.45, 2.75) is 20.3 Å². The molecule has 2 aromatic carbocycles. The molecule has 0 aliphatic carbocycles. The van der Waals surface area contributed by atoms with Gasteiger partial charge < -0.3 is 15.2 Å². The van der Waals surface area contributed by atoms with Crippen LogP contribution in [0.2, 0.25) is 0 Å². The molecule has 0 unspecified atom stereocenters. The van der Waals surface area contributed by atoms with Crippen molar-refractivity contribution < 1.29 is 19.4 Å². The first-order chi connectivity index (χ1) is 12.4. The lowest BCUT2D eigenvalue weighted by atomic mass is 10.1. The molecule has 0 aliphatic heterocycles. The first kappa shape index (κ1) is 19.0. The second-order valence-corrected chi connectivity index (χ2v) is 5.71. The summed E-state index contributed by atoms with van der Waals surface area (Å²) in [5.41, 5.74) is 4.13. The predicted molar refractivity (Wildman–Crippen MR) is 99.7 cm³/mol. The van der Waals surface area contributed by atoms with E-state index in [9.17, 15) is 14.7 Å². The summed E-state index contributed by atoms with van der Waals surface area (Å²) in [4.78, 5) is 24.1. The molecular weight excluding hydrogens is 334 g/mol. The fourth-order valence-corrected chi connectivity index (χ4v) is 2.20. The van der Waals surface area contributed by atoms with E-state index in [1.54, 1.807) is 57.4 Å². The molecule has 0 saturated carbocycles. The number of carbonyl (C=O) groups is 2. The third kappa shape index (κ3) is 5.07. The van der Waals surface area contributed by atoms with Crippen LogP contribution in [0.15, 0.2) is 47.6 Å². The largest absolute Gasteiger partial charge is 0.507 e. The molecule has 2 amide bonds. The van der Waals surface area contributed by atoms with E-state index in [-0.39, 0.29) is 23.6 Å². The number of methoxy groups -OCH3 is 1. The van der Waals surface area contributed by atoms with Crippen LogP contribution in [-0.2, 0) is 4.79 Å². The summed E-state index contributed by atoms with van der Waals surface area (Å²) in [6, 6.07) is 11.8. The lowest BCUT2D eigenvalue weighted by molar-refractivity contribution is -0.115. The number of benzene rings is 2. The van der Waals surface area contributed by atoms with Crippen LogP contribution in [0, 0.1) is 6.92 Å². The molecule has 0 radical (unpaired) electrons.